The Bertz CT molecular complexity index is 1010. The second-order valence-electron chi connectivity index (χ2n) is 15.7. The number of benzene rings is 2. The van der Waals surface area contributed by atoms with E-state index in [1.165, 1.54) is 199 Å². The van der Waals surface area contributed by atoms with Gasteiger partial charge in [0.15, 0.2) is 0 Å². The third-order valence-electron chi connectivity index (χ3n) is 10.6. The Kier molecular flexibility index (Phi) is 48.9. The summed E-state index contributed by atoms with van der Waals surface area (Å²) in [5.41, 5.74) is 7.59. The molecule has 0 radical (unpaired) electrons. The number of anilines is 2. The highest BCUT2D eigenvalue weighted by atomic mass is 35.5. The Morgan fingerprint density at radius 1 is 0.404 bits per heavy atom. The Labute approximate surface area is 365 Å². The van der Waals surface area contributed by atoms with Crippen LogP contribution >= 0.6 is 23.2 Å². The van der Waals surface area contributed by atoms with Crippen LogP contribution in [0.15, 0.2) is 48.5 Å². The maximum absolute atomic E-state index is 5.80. The van der Waals surface area contributed by atoms with Crippen LogP contribution in [0.25, 0.3) is 0 Å². The van der Waals surface area contributed by atoms with Crippen LogP contribution in [0.1, 0.15) is 227 Å². The molecule has 0 saturated carbocycles. The van der Waals surface area contributed by atoms with Crippen LogP contribution < -0.4 is 20.5 Å². The van der Waals surface area contributed by atoms with E-state index < -0.39 is 0 Å². The number of ether oxygens (including phenoxy) is 2. The molecule has 0 saturated heterocycles. The third-order valence-corrected chi connectivity index (χ3v) is 10.6. The van der Waals surface area contributed by atoms with Crippen molar-refractivity contribution in [3.05, 3.63) is 48.5 Å². The van der Waals surface area contributed by atoms with E-state index >= 15 is 0 Å². The number of unbranched alkanes of at least 4 members (excludes halogenated alkanes) is 30. The van der Waals surface area contributed by atoms with Gasteiger partial charge in [0.1, 0.15) is 11.5 Å². The van der Waals surface area contributed by atoms with Crippen LogP contribution in [0.2, 0.25) is 0 Å². The van der Waals surface area contributed by atoms with Crippen molar-refractivity contribution >= 4 is 34.6 Å². The van der Waals surface area contributed by atoms with Gasteiger partial charge in [-0.05, 0) is 61.4 Å². The average Bonchev–Trinajstić information content (AvgIpc) is 3.21. The van der Waals surface area contributed by atoms with Gasteiger partial charge in [0.05, 0.1) is 18.6 Å². The summed E-state index contributed by atoms with van der Waals surface area (Å²) >= 11 is 9.53. The summed E-state index contributed by atoms with van der Waals surface area (Å²) < 4.78 is 11.5. The molecule has 0 aliphatic carbocycles. The summed E-state index contributed by atoms with van der Waals surface area (Å²) in [6.07, 6.45) is 45.0. The fourth-order valence-electron chi connectivity index (χ4n) is 6.96. The van der Waals surface area contributed by atoms with Gasteiger partial charge in [-0.3, -0.25) is 0 Å². The minimum Gasteiger partial charge on any atom is -0.494 e. The predicted molar refractivity (Wildman–Crippen MR) is 260 cm³/mol. The number of alkyl halides is 2. The van der Waals surface area contributed by atoms with Crippen molar-refractivity contribution in [1.82, 2.24) is 0 Å². The van der Waals surface area contributed by atoms with Crippen molar-refractivity contribution in [1.29, 1.82) is 0 Å². The van der Waals surface area contributed by atoms with Gasteiger partial charge in [-0.25, -0.2) is 0 Å². The van der Waals surface area contributed by atoms with Crippen molar-refractivity contribution < 1.29 is 9.47 Å². The van der Waals surface area contributed by atoms with Gasteiger partial charge in [-0.2, -0.15) is 0 Å². The molecular formula is C51H94Cl2N2O2. The predicted octanol–water partition coefficient (Wildman–Crippen LogP) is 18.3. The first-order valence-electron chi connectivity index (χ1n) is 23.6. The minimum absolute atomic E-state index is 0. The standard InChI is InChI=1S/C25H45NO.C24H43NO.CH2Cl2.CH4/c1-3-4-5-6-7-8-9-10-11-12-13-14-15-16-17-18-23-27-25-21-19-24(26-2)20-22-25;1-2-3-4-5-6-7-8-9-10-11-12-13-14-15-16-17-22-26-24-20-18-23(25)19-21-24;2-1-3;/h19-22,26H,3-18,23H2,1-2H3;18-21H,2-17,22,25H2,1H3;1H2;1H4. The molecule has 2 aromatic rings. The van der Waals surface area contributed by atoms with Crippen molar-refractivity contribution in [2.24, 2.45) is 0 Å². The number of nitrogens with two attached hydrogens (primary N) is 1. The van der Waals surface area contributed by atoms with E-state index in [-0.39, 0.29) is 12.8 Å². The number of hydrogen-bond acceptors (Lipinski definition) is 4. The Balaban J connectivity index is 0. The molecular weight excluding hydrogens is 743 g/mol. The quantitative estimate of drug-likeness (QED) is 0.0404. The summed E-state index contributed by atoms with van der Waals surface area (Å²) in [6, 6.07) is 15.9. The van der Waals surface area contributed by atoms with Gasteiger partial charge in [0.2, 0.25) is 0 Å². The lowest BCUT2D eigenvalue weighted by Gasteiger charge is -2.07. The molecule has 0 heterocycles. The Morgan fingerprint density at radius 3 is 0.877 bits per heavy atom. The van der Waals surface area contributed by atoms with Crippen LogP contribution in [-0.2, 0) is 0 Å². The third kappa shape index (κ3) is 43.6. The normalized spacial score (nSPS) is 10.5. The molecule has 0 bridgehead atoms. The fourth-order valence-corrected chi connectivity index (χ4v) is 6.96. The number of hydrogen-bond donors (Lipinski definition) is 2. The molecule has 334 valence electrons. The first kappa shape index (κ1) is 57.3. The molecule has 3 N–H and O–H groups in total. The maximum atomic E-state index is 5.80. The smallest absolute Gasteiger partial charge is 0.119 e. The monoisotopic (exact) mass is 837 g/mol. The number of nitrogens with one attached hydrogen (secondary N) is 1. The van der Waals surface area contributed by atoms with E-state index in [1.807, 2.05) is 43.4 Å². The molecule has 6 heteroatoms. The van der Waals surface area contributed by atoms with Gasteiger partial charge < -0.3 is 20.5 Å². The minimum atomic E-state index is 0. The molecule has 2 aromatic carbocycles. The first-order chi connectivity index (χ1) is 27.6. The molecule has 0 spiro atoms. The molecule has 0 fully saturated rings. The summed E-state index contributed by atoms with van der Waals surface area (Å²) in [5, 5.41) is 3.32. The summed E-state index contributed by atoms with van der Waals surface area (Å²) in [5.74, 6) is 1.91. The van der Waals surface area contributed by atoms with Crippen molar-refractivity contribution in [3.8, 4) is 11.5 Å². The van der Waals surface area contributed by atoms with Crippen molar-refractivity contribution in [2.75, 3.05) is 36.7 Å². The lowest BCUT2D eigenvalue weighted by atomic mass is 10.0. The van der Waals surface area contributed by atoms with E-state index in [9.17, 15) is 0 Å². The van der Waals surface area contributed by atoms with Gasteiger partial charge in [-0.15, -0.1) is 23.2 Å². The van der Waals surface area contributed by atoms with Gasteiger partial charge in [-0.1, -0.05) is 214 Å². The average molecular weight is 838 g/mol. The van der Waals surface area contributed by atoms with E-state index in [2.05, 4.69) is 31.3 Å². The zero-order valence-electron chi connectivity index (χ0n) is 37.0. The lowest BCUT2D eigenvalue weighted by molar-refractivity contribution is 0.304. The van der Waals surface area contributed by atoms with E-state index in [0.29, 0.717) is 0 Å². The highest BCUT2D eigenvalue weighted by Crippen LogP contribution is 2.18. The molecule has 4 nitrogen and oxygen atoms in total. The molecule has 0 amide bonds. The molecule has 0 aromatic heterocycles. The van der Waals surface area contributed by atoms with E-state index in [0.717, 1.165) is 42.5 Å². The number of halogens is 2. The summed E-state index contributed by atoms with van der Waals surface area (Å²) in [7, 11) is 1.94. The largest absolute Gasteiger partial charge is 0.494 e. The second-order valence-corrected chi connectivity index (χ2v) is 16.6. The topological polar surface area (TPSA) is 56.5 Å². The Morgan fingerprint density at radius 2 is 0.632 bits per heavy atom. The van der Waals surface area contributed by atoms with Crippen LogP contribution in [0.4, 0.5) is 11.4 Å². The van der Waals surface area contributed by atoms with Crippen molar-refractivity contribution in [2.45, 2.75) is 227 Å². The lowest BCUT2D eigenvalue weighted by Crippen LogP contribution is -1.97. The van der Waals surface area contributed by atoms with E-state index in [1.54, 1.807) is 0 Å². The number of nitrogen functional groups attached to an aromatic ring is 1. The second kappa shape index (κ2) is 48.6. The molecule has 0 unspecified atom stereocenters. The number of rotatable bonds is 37. The maximum Gasteiger partial charge on any atom is 0.119 e. The fraction of sp³-hybridized carbons (Fsp3) is 0.765. The van der Waals surface area contributed by atoms with E-state index in [4.69, 9.17) is 38.4 Å². The van der Waals surface area contributed by atoms with Crippen LogP contribution in [0.3, 0.4) is 0 Å². The van der Waals surface area contributed by atoms with Crippen molar-refractivity contribution in [3.63, 3.8) is 0 Å². The van der Waals surface area contributed by atoms with Crippen LogP contribution in [0.5, 0.6) is 11.5 Å². The molecule has 57 heavy (non-hydrogen) atoms. The zero-order valence-corrected chi connectivity index (χ0v) is 38.5. The first-order valence-corrected chi connectivity index (χ1v) is 24.7. The van der Waals surface area contributed by atoms with Gasteiger partial charge in [0.25, 0.3) is 0 Å². The molecule has 0 aliphatic heterocycles. The van der Waals surface area contributed by atoms with Crippen LogP contribution in [-0.4, -0.2) is 25.6 Å². The highest BCUT2D eigenvalue weighted by molar-refractivity contribution is 6.40. The van der Waals surface area contributed by atoms with Gasteiger partial charge in [0, 0.05) is 18.4 Å². The zero-order chi connectivity index (χ0) is 40.8. The summed E-state index contributed by atoms with van der Waals surface area (Å²) in [4.78, 5) is 0. The SMILES string of the molecule is C.CCCCCCCCCCCCCCCCCCOc1ccc(N)cc1.CCCCCCCCCCCCCCCCCCOc1ccc(NC)cc1.ClCCl. The summed E-state index contributed by atoms with van der Waals surface area (Å²) in [6.45, 7) is 6.25. The van der Waals surface area contributed by atoms with Crippen LogP contribution in [0, 0.1) is 0 Å². The molecule has 2 rings (SSSR count). The van der Waals surface area contributed by atoms with Gasteiger partial charge >= 0.3 is 0 Å². The Hall–Kier alpha value is -1.78. The molecule has 0 aliphatic rings. The highest BCUT2D eigenvalue weighted by Gasteiger charge is 1.98. The molecule has 0 atom stereocenters.